The van der Waals surface area contributed by atoms with E-state index in [1.54, 1.807) is 0 Å². The molecule has 0 spiro atoms. The number of aliphatic hydroxyl groups is 1. The highest BCUT2D eigenvalue weighted by Crippen LogP contribution is 2.27. The third kappa shape index (κ3) is 5.47. The Balaban J connectivity index is 1.72. The number of hydrogen-bond acceptors (Lipinski definition) is 5. The highest BCUT2D eigenvalue weighted by atomic mass is 19.4. The largest absolute Gasteiger partial charge is 0.433 e. The number of aryl methyl sites for hydroxylation is 1. The number of alkyl halides is 3. The van der Waals surface area contributed by atoms with E-state index in [4.69, 9.17) is 0 Å². The number of aromatic nitrogens is 2. The highest BCUT2D eigenvalue weighted by Gasteiger charge is 2.32. The van der Waals surface area contributed by atoms with Gasteiger partial charge in [-0.25, -0.2) is 9.97 Å². The van der Waals surface area contributed by atoms with E-state index in [2.05, 4.69) is 20.6 Å². The molecule has 0 aliphatic heterocycles. The van der Waals surface area contributed by atoms with E-state index in [-0.39, 0.29) is 5.95 Å². The average molecular weight is 340 g/mol. The van der Waals surface area contributed by atoms with Gasteiger partial charge in [-0.05, 0) is 18.6 Å². The number of hydrogen-bond donors (Lipinski definition) is 3. The molecule has 1 unspecified atom stereocenters. The first kappa shape index (κ1) is 18.2. The zero-order valence-corrected chi connectivity index (χ0v) is 13.1. The van der Waals surface area contributed by atoms with E-state index in [1.807, 2.05) is 31.2 Å². The van der Waals surface area contributed by atoms with Gasteiger partial charge in [-0.2, -0.15) is 13.2 Å². The number of rotatable bonds is 7. The molecular weight excluding hydrogens is 321 g/mol. The Morgan fingerprint density at radius 1 is 1.12 bits per heavy atom. The van der Waals surface area contributed by atoms with Crippen LogP contribution in [-0.2, 0) is 6.18 Å². The van der Waals surface area contributed by atoms with Crippen LogP contribution in [0, 0.1) is 6.92 Å². The molecule has 0 bridgehead atoms. The summed E-state index contributed by atoms with van der Waals surface area (Å²) in [7, 11) is 0. The molecule has 5 nitrogen and oxygen atoms in total. The summed E-state index contributed by atoms with van der Waals surface area (Å²) in [6.07, 6.45) is -4.07. The first-order valence-corrected chi connectivity index (χ1v) is 7.46. The smallest absolute Gasteiger partial charge is 0.387 e. The van der Waals surface area contributed by atoms with Crippen molar-refractivity contribution in [1.82, 2.24) is 15.3 Å². The lowest BCUT2D eigenvalue weighted by Crippen LogP contribution is -2.27. The van der Waals surface area contributed by atoms with Gasteiger partial charge in [0.1, 0.15) is 5.69 Å². The second-order valence-electron chi connectivity index (χ2n) is 5.32. The van der Waals surface area contributed by atoms with E-state index >= 15 is 0 Å². The van der Waals surface area contributed by atoms with Crippen LogP contribution in [0.1, 0.15) is 22.9 Å². The second kappa shape index (κ2) is 8.07. The summed E-state index contributed by atoms with van der Waals surface area (Å²) in [4.78, 5) is 7.15. The SMILES string of the molecule is Cc1ccc(C(O)CNCCNc2nccc(C(F)(F)F)n2)cc1. The number of nitrogens with zero attached hydrogens (tertiary/aromatic N) is 2. The summed E-state index contributed by atoms with van der Waals surface area (Å²) in [5.74, 6) is -0.0780. The van der Waals surface area contributed by atoms with E-state index < -0.39 is 18.0 Å². The zero-order chi connectivity index (χ0) is 17.6. The van der Waals surface area contributed by atoms with E-state index in [0.717, 1.165) is 23.4 Å². The quantitative estimate of drug-likeness (QED) is 0.676. The van der Waals surface area contributed by atoms with E-state index in [0.29, 0.717) is 19.6 Å². The molecule has 8 heteroatoms. The van der Waals surface area contributed by atoms with Gasteiger partial charge in [0.25, 0.3) is 0 Å². The minimum atomic E-state index is -4.49. The maximum absolute atomic E-state index is 12.5. The number of nitrogens with one attached hydrogen (secondary N) is 2. The van der Waals surface area contributed by atoms with Crippen LogP contribution in [0.25, 0.3) is 0 Å². The molecule has 1 atom stereocenters. The van der Waals surface area contributed by atoms with Crippen LogP contribution in [0.5, 0.6) is 0 Å². The lowest BCUT2D eigenvalue weighted by Gasteiger charge is -2.13. The van der Waals surface area contributed by atoms with Crippen LogP contribution in [0.15, 0.2) is 36.5 Å². The van der Waals surface area contributed by atoms with Gasteiger partial charge in [0.2, 0.25) is 5.95 Å². The lowest BCUT2D eigenvalue weighted by molar-refractivity contribution is -0.141. The first-order chi connectivity index (χ1) is 11.4. The average Bonchev–Trinajstić information content (AvgIpc) is 2.54. The van der Waals surface area contributed by atoms with Gasteiger partial charge in [-0.1, -0.05) is 29.8 Å². The maximum Gasteiger partial charge on any atom is 0.433 e. The van der Waals surface area contributed by atoms with Crippen molar-refractivity contribution < 1.29 is 18.3 Å². The van der Waals surface area contributed by atoms with Crippen LogP contribution in [0.2, 0.25) is 0 Å². The van der Waals surface area contributed by atoms with Gasteiger partial charge >= 0.3 is 6.18 Å². The van der Waals surface area contributed by atoms with Crippen molar-refractivity contribution in [2.24, 2.45) is 0 Å². The topological polar surface area (TPSA) is 70.1 Å². The third-order valence-electron chi connectivity index (χ3n) is 3.33. The van der Waals surface area contributed by atoms with Gasteiger partial charge < -0.3 is 15.7 Å². The van der Waals surface area contributed by atoms with Crippen molar-refractivity contribution >= 4 is 5.95 Å². The van der Waals surface area contributed by atoms with Gasteiger partial charge in [0, 0.05) is 25.8 Å². The highest BCUT2D eigenvalue weighted by molar-refractivity contribution is 5.26. The molecule has 0 radical (unpaired) electrons. The molecule has 3 N–H and O–H groups in total. The molecule has 1 aromatic heterocycles. The molecule has 130 valence electrons. The van der Waals surface area contributed by atoms with Gasteiger partial charge in [0.15, 0.2) is 0 Å². The normalized spacial score (nSPS) is 12.9. The minimum absolute atomic E-state index is 0.0780. The first-order valence-electron chi connectivity index (χ1n) is 7.46. The Hall–Kier alpha value is -2.19. The summed E-state index contributed by atoms with van der Waals surface area (Å²) >= 11 is 0. The predicted molar refractivity (Wildman–Crippen MR) is 84.5 cm³/mol. The molecule has 0 aliphatic rings. The second-order valence-corrected chi connectivity index (χ2v) is 5.32. The molecule has 0 amide bonds. The van der Waals surface area contributed by atoms with Crippen molar-refractivity contribution in [3.8, 4) is 0 Å². The molecule has 0 saturated heterocycles. The van der Waals surface area contributed by atoms with Crippen molar-refractivity contribution in [3.63, 3.8) is 0 Å². The van der Waals surface area contributed by atoms with Crippen molar-refractivity contribution in [1.29, 1.82) is 0 Å². The molecule has 0 aliphatic carbocycles. The standard InChI is InChI=1S/C16H19F3N4O/c1-11-2-4-12(5-3-11)13(24)10-20-8-9-22-15-21-7-6-14(23-15)16(17,18)19/h2-7,13,20,24H,8-10H2,1H3,(H,21,22,23). The van der Waals surface area contributed by atoms with Crippen LogP contribution in [0.3, 0.4) is 0 Å². The van der Waals surface area contributed by atoms with Crippen LogP contribution in [-0.4, -0.2) is 34.7 Å². The van der Waals surface area contributed by atoms with E-state index in [1.165, 1.54) is 0 Å². The van der Waals surface area contributed by atoms with Crippen LogP contribution in [0.4, 0.5) is 19.1 Å². The van der Waals surface area contributed by atoms with Gasteiger partial charge in [-0.15, -0.1) is 0 Å². The zero-order valence-electron chi connectivity index (χ0n) is 13.1. The molecular formula is C16H19F3N4O. The Morgan fingerprint density at radius 3 is 2.50 bits per heavy atom. The monoisotopic (exact) mass is 340 g/mol. The number of aliphatic hydroxyl groups excluding tert-OH is 1. The van der Waals surface area contributed by atoms with Crippen LogP contribution < -0.4 is 10.6 Å². The molecule has 24 heavy (non-hydrogen) atoms. The Morgan fingerprint density at radius 2 is 1.83 bits per heavy atom. The minimum Gasteiger partial charge on any atom is -0.387 e. The number of halogens is 3. The maximum atomic E-state index is 12.5. The van der Waals surface area contributed by atoms with Crippen molar-refractivity contribution in [3.05, 3.63) is 53.3 Å². The summed E-state index contributed by atoms with van der Waals surface area (Å²) in [6, 6.07) is 8.38. The predicted octanol–water partition coefficient (Wildman–Crippen LogP) is 2.54. The molecule has 0 fully saturated rings. The molecule has 2 rings (SSSR count). The van der Waals surface area contributed by atoms with Crippen LogP contribution >= 0.6 is 0 Å². The molecule has 1 aromatic carbocycles. The fourth-order valence-corrected chi connectivity index (χ4v) is 2.01. The number of benzene rings is 1. The Bertz CT molecular complexity index is 647. The summed E-state index contributed by atoms with van der Waals surface area (Å²) in [5.41, 5.74) is 0.939. The molecule has 2 aromatic rings. The summed E-state index contributed by atoms with van der Waals surface area (Å²) in [6.45, 7) is 3.09. The molecule has 1 heterocycles. The summed E-state index contributed by atoms with van der Waals surface area (Å²) < 4.78 is 37.6. The van der Waals surface area contributed by atoms with Gasteiger partial charge in [0.05, 0.1) is 6.10 Å². The van der Waals surface area contributed by atoms with Crippen molar-refractivity contribution in [2.45, 2.75) is 19.2 Å². The van der Waals surface area contributed by atoms with Crippen molar-refractivity contribution in [2.75, 3.05) is 25.0 Å². The lowest BCUT2D eigenvalue weighted by atomic mass is 10.1. The Labute approximate surface area is 138 Å². The third-order valence-corrected chi connectivity index (χ3v) is 3.33. The Kier molecular flexibility index (Phi) is 6.10. The van der Waals surface area contributed by atoms with Gasteiger partial charge in [-0.3, -0.25) is 0 Å². The fraction of sp³-hybridized carbons (Fsp3) is 0.375. The number of anilines is 1. The molecule has 0 saturated carbocycles. The fourth-order valence-electron chi connectivity index (χ4n) is 2.01. The summed E-state index contributed by atoms with van der Waals surface area (Å²) in [5, 5.41) is 15.8. The van der Waals surface area contributed by atoms with E-state index in [9.17, 15) is 18.3 Å².